The van der Waals surface area contributed by atoms with Gasteiger partial charge < -0.3 is 9.84 Å². The summed E-state index contributed by atoms with van der Waals surface area (Å²) in [4.78, 5) is 37.8. The number of hydrogen-bond donors (Lipinski definition) is 3. The van der Waals surface area contributed by atoms with Crippen molar-refractivity contribution >= 4 is 23.4 Å². The number of nitrogens with one attached hydrogen (secondary N) is 2. The van der Waals surface area contributed by atoms with Crippen LogP contribution in [0.3, 0.4) is 0 Å². The second-order valence-electron chi connectivity index (χ2n) is 5.70. The van der Waals surface area contributed by atoms with E-state index in [1.807, 2.05) is 0 Å². The van der Waals surface area contributed by atoms with E-state index in [-0.39, 0.29) is 23.8 Å². The van der Waals surface area contributed by atoms with Gasteiger partial charge in [-0.1, -0.05) is 18.2 Å². The second kappa shape index (κ2) is 7.14. The van der Waals surface area contributed by atoms with Crippen LogP contribution in [0.4, 0.5) is 5.69 Å². The Morgan fingerprint density at radius 1 is 1.15 bits per heavy atom. The van der Waals surface area contributed by atoms with E-state index in [9.17, 15) is 19.5 Å². The zero-order chi connectivity index (χ0) is 18.7. The van der Waals surface area contributed by atoms with Crippen LogP contribution >= 0.6 is 0 Å². The number of aromatic hydroxyl groups is 1. The molecule has 0 unspecified atom stereocenters. The second-order valence-corrected chi connectivity index (χ2v) is 5.70. The fourth-order valence-electron chi connectivity index (χ4n) is 2.55. The summed E-state index contributed by atoms with van der Waals surface area (Å²) in [5.41, 5.74) is 5.18. The number of anilines is 1. The van der Waals surface area contributed by atoms with Gasteiger partial charge in [-0.25, -0.2) is 0 Å². The average Bonchev–Trinajstić information content (AvgIpc) is 2.63. The van der Waals surface area contributed by atoms with E-state index < -0.39 is 17.9 Å². The fourth-order valence-corrected chi connectivity index (χ4v) is 2.55. The van der Waals surface area contributed by atoms with Crippen molar-refractivity contribution in [3.8, 4) is 11.5 Å². The molecule has 0 saturated carbocycles. The van der Waals surface area contributed by atoms with Crippen LogP contribution in [0.15, 0.2) is 48.5 Å². The molecule has 3 rings (SSSR count). The van der Waals surface area contributed by atoms with Crippen molar-refractivity contribution in [2.75, 3.05) is 11.4 Å². The van der Waals surface area contributed by atoms with Gasteiger partial charge in [0.2, 0.25) is 0 Å². The van der Waals surface area contributed by atoms with Crippen molar-refractivity contribution < 1.29 is 24.2 Å². The van der Waals surface area contributed by atoms with E-state index in [2.05, 4.69) is 10.9 Å². The van der Waals surface area contributed by atoms with E-state index in [0.717, 1.165) is 0 Å². The van der Waals surface area contributed by atoms with Crippen LogP contribution in [0.1, 0.15) is 17.3 Å². The van der Waals surface area contributed by atoms with Crippen molar-refractivity contribution in [3.05, 3.63) is 54.1 Å². The number of amides is 3. The largest absolute Gasteiger partial charge is 0.508 e. The molecule has 0 spiro atoms. The Morgan fingerprint density at radius 3 is 2.69 bits per heavy atom. The number of phenols is 1. The number of para-hydroxylation sites is 2. The van der Waals surface area contributed by atoms with Crippen LogP contribution in [0.25, 0.3) is 0 Å². The summed E-state index contributed by atoms with van der Waals surface area (Å²) in [7, 11) is 0. The highest BCUT2D eigenvalue weighted by molar-refractivity contribution is 6.04. The molecule has 1 heterocycles. The van der Waals surface area contributed by atoms with E-state index in [1.54, 1.807) is 31.2 Å². The molecule has 2 aromatic carbocycles. The van der Waals surface area contributed by atoms with E-state index in [4.69, 9.17) is 4.74 Å². The summed E-state index contributed by atoms with van der Waals surface area (Å²) in [5, 5.41) is 9.38. The molecule has 134 valence electrons. The minimum Gasteiger partial charge on any atom is -0.508 e. The van der Waals surface area contributed by atoms with E-state index in [1.165, 1.54) is 29.2 Å². The number of ether oxygens (including phenoxy) is 1. The average molecular weight is 355 g/mol. The molecule has 0 radical (unpaired) electrons. The van der Waals surface area contributed by atoms with E-state index in [0.29, 0.717) is 11.4 Å². The Balaban J connectivity index is 1.64. The minimum absolute atomic E-state index is 0.0616. The van der Waals surface area contributed by atoms with Gasteiger partial charge in [0.15, 0.2) is 6.10 Å². The molecule has 3 amide bonds. The molecule has 3 N–H and O–H groups in total. The Bertz CT molecular complexity index is 867. The third-order valence-electron chi connectivity index (χ3n) is 3.80. The summed E-state index contributed by atoms with van der Waals surface area (Å²) < 4.78 is 5.51. The zero-order valence-electron chi connectivity index (χ0n) is 13.9. The number of hydrogen-bond acceptors (Lipinski definition) is 5. The summed E-state index contributed by atoms with van der Waals surface area (Å²) >= 11 is 0. The third-order valence-corrected chi connectivity index (χ3v) is 3.80. The van der Waals surface area contributed by atoms with Gasteiger partial charge in [-0.3, -0.25) is 30.1 Å². The molecular weight excluding hydrogens is 338 g/mol. The smallest absolute Gasteiger partial charge is 0.269 e. The molecule has 1 aliphatic heterocycles. The number of carbonyl (C=O) groups is 3. The Morgan fingerprint density at radius 2 is 1.92 bits per heavy atom. The van der Waals surface area contributed by atoms with Crippen LogP contribution in [0.5, 0.6) is 11.5 Å². The van der Waals surface area contributed by atoms with Crippen LogP contribution in [0.2, 0.25) is 0 Å². The standard InChI is InChI=1S/C18H17N3O5/c1-11-18(25)21(14-7-2-3-8-15(14)26-11)10-16(23)19-20-17(24)12-5-4-6-13(22)9-12/h2-9,11,22H,10H2,1H3,(H,19,23)(H,20,24)/t11-/m0/s1. The normalized spacial score (nSPS) is 15.7. The highest BCUT2D eigenvalue weighted by Gasteiger charge is 2.32. The molecule has 0 aromatic heterocycles. The monoisotopic (exact) mass is 355 g/mol. The first-order valence-corrected chi connectivity index (χ1v) is 7.91. The molecular formula is C18H17N3O5. The maximum Gasteiger partial charge on any atom is 0.269 e. The topological polar surface area (TPSA) is 108 Å². The first-order chi connectivity index (χ1) is 12.5. The van der Waals surface area contributed by atoms with Gasteiger partial charge in [0, 0.05) is 5.56 Å². The molecule has 0 saturated heterocycles. The van der Waals surface area contributed by atoms with Gasteiger partial charge in [0.1, 0.15) is 18.0 Å². The van der Waals surface area contributed by atoms with Gasteiger partial charge in [-0.15, -0.1) is 0 Å². The SMILES string of the molecule is C[C@@H]1Oc2ccccc2N(CC(=O)NNC(=O)c2cccc(O)c2)C1=O. The van der Waals surface area contributed by atoms with Crippen LogP contribution < -0.4 is 20.5 Å². The molecule has 26 heavy (non-hydrogen) atoms. The third kappa shape index (κ3) is 3.59. The van der Waals surface area contributed by atoms with Crippen LogP contribution in [0, 0.1) is 0 Å². The van der Waals surface area contributed by atoms with E-state index >= 15 is 0 Å². The van der Waals surface area contributed by atoms with Gasteiger partial charge in [0.05, 0.1) is 5.69 Å². The maximum atomic E-state index is 12.3. The maximum absolute atomic E-state index is 12.3. The lowest BCUT2D eigenvalue weighted by Crippen LogP contribution is -2.51. The molecule has 1 atom stereocenters. The molecule has 8 nitrogen and oxygen atoms in total. The van der Waals surface area contributed by atoms with Crippen molar-refractivity contribution in [2.24, 2.45) is 0 Å². The quantitative estimate of drug-likeness (QED) is 0.711. The highest BCUT2D eigenvalue weighted by Crippen LogP contribution is 2.33. The number of fused-ring (bicyclic) bond motifs is 1. The lowest BCUT2D eigenvalue weighted by atomic mass is 10.2. The van der Waals surface area contributed by atoms with Gasteiger partial charge >= 0.3 is 0 Å². The summed E-state index contributed by atoms with van der Waals surface area (Å²) in [5.74, 6) is -1.06. The Hall–Kier alpha value is -3.55. The van der Waals surface area contributed by atoms with Crippen LogP contribution in [-0.4, -0.2) is 35.5 Å². The van der Waals surface area contributed by atoms with Gasteiger partial charge in [-0.05, 0) is 37.3 Å². The summed E-state index contributed by atoms with van der Waals surface area (Å²) in [6.45, 7) is 1.33. The molecule has 8 heteroatoms. The minimum atomic E-state index is -0.709. The molecule has 1 aliphatic rings. The number of benzene rings is 2. The number of hydrazine groups is 1. The Labute approximate surface area is 149 Å². The predicted octanol–water partition coefficient (Wildman–Crippen LogP) is 0.967. The summed E-state index contributed by atoms with van der Waals surface area (Å²) in [6, 6.07) is 12.6. The van der Waals surface area contributed by atoms with Crippen molar-refractivity contribution in [3.63, 3.8) is 0 Å². The molecule has 0 fully saturated rings. The molecule has 2 aromatic rings. The fraction of sp³-hybridized carbons (Fsp3) is 0.167. The highest BCUT2D eigenvalue weighted by atomic mass is 16.5. The van der Waals surface area contributed by atoms with Gasteiger partial charge in [-0.2, -0.15) is 0 Å². The lowest BCUT2D eigenvalue weighted by Gasteiger charge is -2.32. The molecule has 0 aliphatic carbocycles. The lowest BCUT2D eigenvalue weighted by molar-refractivity contribution is -0.128. The first kappa shape index (κ1) is 17.3. The summed E-state index contributed by atoms with van der Waals surface area (Å²) in [6.07, 6.45) is -0.709. The number of rotatable bonds is 3. The number of carbonyl (C=O) groups excluding carboxylic acids is 3. The van der Waals surface area contributed by atoms with Crippen molar-refractivity contribution in [1.82, 2.24) is 10.9 Å². The number of phenolic OH excluding ortho intramolecular Hbond substituents is 1. The first-order valence-electron chi connectivity index (χ1n) is 7.91. The molecule has 0 bridgehead atoms. The zero-order valence-corrected chi connectivity index (χ0v) is 13.9. The predicted molar refractivity (Wildman–Crippen MR) is 92.6 cm³/mol. The Kier molecular flexibility index (Phi) is 4.74. The van der Waals surface area contributed by atoms with Crippen molar-refractivity contribution in [1.29, 1.82) is 0 Å². The van der Waals surface area contributed by atoms with Crippen molar-refractivity contribution in [2.45, 2.75) is 13.0 Å². The number of nitrogens with zero attached hydrogens (tertiary/aromatic N) is 1. The van der Waals surface area contributed by atoms with Crippen LogP contribution in [-0.2, 0) is 9.59 Å². The van der Waals surface area contributed by atoms with Gasteiger partial charge in [0.25, 0.3) is 17.7 Å².